The maximum Gasteiger partial charge on any atom is 0.274 e. The second kappa shape index (κ2) is 5.28. The van der Waals surface area contributed by atoms with Gasteiger partial charge in [0.15, 0.2) is 0 Å². The fourth-order valence-corrected chi connectivity index (χ4v) is 2.68. The first-order valence-corrected chi connectivity index (χ1v) is 7.29. The van der Waals surface area contributed by atoms with E-state index in [1.807, 2.05) is 43.4 Å². The van der Waals surface area contributed by atoms with E-state index < -0.39 is 0 Å². The van der Waals surface area contributed by atoms with Gasteiger partial charge in [-0.25, -0.2) is 0 Å². The number of fused-ring (bicyclic) bond motifs is 1. The normalized spacial score (nSPS) is 11.0. The van der Waals surface area contributed by atoms with Crippen LogP contribution in [0.2, 0.25) is 0 Å². The highest BCUT2D eigenvalue weighted by molar-refractivity contribution is 5.85. The van der Waals surface area contributed by atoms with Crippen LogP contribution in [-0.2, 0) is 7.05 Å². The molecule has 23 heavy (non-hydrogen) atoms. The van der Waals surface area contributed by atoms with E-state index in [0.29, 0.717) is 11.7 Å². The third-order valence-electron chi connectivity index (χ3n) is 3.95. The Morgan fingerprint density at radius 2 is 1.83 bits per heavy atom. The van der Waals surface area contributed by atoms with Crippen molar-refractivity contribution in [1.29, 1.82) is 0 Å². The van der Waals surface area contributed by atoms with Crippen molar-refractivity contribution < 1.29 is 9.26 Å². The lowest BCUT2D eigenvalue weighted by molar-refractivity contribution is 0.414. The molecule has 2 aromatic heterocycles. The van der Waals surface area contributed by atoms with Crippen LogP contribution in [0.25, 0.3) is 33.9 Å². The van der Waals surface area contributed by atoms with Crippen LogP contribution in [0.15, 0.2) is 59.1 Å². The molecule has 5 heteroatoms. The first kappa shape index (κ1) is 13.6. The highest BCUT2D eigenvalue weighted by Crippen LogP contribution is 2.28. The lowest BCUT2D eigenvalue weighted by Crippen LogP contribution is -1.91. The molecule has 0 atom stereocenters. The summed E-state index contributed by atoms with van der Waals surface area (Å²) in [6.45, 7) is 0. The zero-order chi connectivity index (χ0) is 15.8. The average Bonchev–Trinajstić information content (AvgIpc) is 3.20. The standard InChI is InChI=1S/C18H15N3O2/c1-21-15-6-4-3-5-13(15)11-16(21)18-19-17(20-23-18)12-7-9-14(22-2)10-8-12/h3-11H,1-2H3. The minimum Gasteiger partial charge on any atom is -0.497 e. The summed E-state index contributed by atoms with van der Waals surface area (Å²) in [5, 5.41) is 5.24. The molecule has 0 N–H and O–H groups in total. The molecule has 0 fully saturated rings. The predicted octanol–water partition coefficient (Wildman–Crippen LogP) is 3.90. The van der Waals surface area contributed by atoms with E-state index in [9.17, 15) is 0 Å². The van der Waals surface area contributed by atoms with Crippen molar-refractivity contribution in [2.75, 3.05) is 7.11 Å². The van der Waals surface area contributed by atoms with Crippen molar-refractivity contribution in [2.24, 2.45) is 7.05 Å². The zero-order valence-electron chi connectivity index (χ0n) is 12.9. The Hall–Kier alpha value is -3.08. The van der Waals surface area contributed by atoms with Gasteiger partial charge < -0.3 is 13.8 Å². The number of hydrogen-bond donors (Lipinski definition) is 0. The minimum absolute atomic E-state index is 0.509. The Balaban J connectivity index is 1.75. The molecule has 0 saturated carbocycles. The Labute approximate surface area is 133 Å². The van der Waals surface area contributed by atoms with Gasteiger partial charge in [-0.2, -0.15) is 4.98 Å². The van der Waals surface area contributed by atoms with Crippen LogP contribution in [0.1, 0.15) is 0 Å². The quantitative estimate of drug-likeness (QED) is 0.576. The van der Waals surface area contributed by atoms with Gasteiger partial charge in [-0.05, 0) is 36.4 Å². The van der Waals surface area contributed by atoms with Crippen molar-refractivity contribution in [3.63, 3.8) is 0 Å². The third kappa shape index (κ3) is 2.26. The molecule has 0 unspecified atom stereocenters. The van der Waals surface area contributed by atoms with E-state index in [2.05, 4.69) is 32.9 Å². The van der Waals surface area contributed by atoms with E-state index >= 15 is 0 Å². The topological polar surface area (TPSA) is 53.1 Å². The minimum atomic E-state index is 0.509. The van der Waals surface area contributed by atoms with Crippen molar-refractivity contribution in [1.82, 2.24) is 14.7 Å². The molecule has 4 rings (SSSR count). The highest BCUT2D eigenvalue weighted by atomic mass is 16.5. The number of benzene rings is 2. The fraction of sp³-hybridized carbons (Fsp3) is 0.111. The van der Waals surface area contributed by atoms with E-state index in [1.165, 1.54) is 0 Å². The lowest BCUT2D eigenvalue weighted by atomic mass is 10.2. The van der Waals surface area contributed by atoms with Gasteiger partial charge in [0.05, 0.1) is 7.11 Å². The molecule has 4 aromatic rings. The Bertz CT molecular complexity index is 968. The first-order valence-electron chi connectivity index (χ1n) is 7.29. The monoisotopic (exact) mass is 305 g/mol. The number of nitrogens with zero attached hydrogens (tertiary/aromatic N) is 3. The van der Waals surface area contributed by atoms with Gasteiger partial charge in [-0.3, -0.25) is 0 Å². The number of ether oxygens (including phenoxy) is 1. The second-order valence-corrected chi connectivity index (χ2v) is 5.30. The maximum absolute atomic E-state index is 5.46. The molecular formula is C18H15N3O2. The lowest BCUT2D eigenvalue weighted by Gasteiger charge is -1.99. The molecule has 2 heterocycles. The van der Waals surface area contributed by atoms with Crippen LogP contribution in [0.3, 0.4) is 0 Å². The van der Waals surface area contributed by atoms with Gasteiger partial charge in [0.1, 0.15) is 11.4 Å². The second-order valence-electron chi connectivity index (χ2n) is 5.30. The van der Waals surface area contributed by atoms with Crippen LogP contribution in [-0.4, -0.2) is 21.8 Å². The van der Waals surface area contributed by atoms with E-state index in [0.717, 1.165) is 27.9 Å². The fourth-order valence-electron chi connectivity index (χ4n) is 2.68. The van der Waals surface area contributed by atoms with Crippen LogP contribution >= 0.6 is 0 Å². The van der Waals surface area contributed by atoms with Crippen LogP contribution < -0.4 is 4.74 Å². The zero-order valence-corrected chi connectivity index (χ0v) is 12.9. The van der Waals surface area contributed by atoms with Crippen molar-refractivity contribution in [2.45, 2.75) is 0 Å². The molecule has 0 aliphatic rings. The van der Waals surface area contributed by atoms with Crippen LogP contribution in [0.5, 0.6) is 5.75 Å². The number of hydrogen-bond acceptors (Lipinski definition) is 4. The first-order chi connectivity index (χ1) is 11.3. The van der Waals surface area contributed by atoms with E-state index in [-0.39, 0.29) is 0 Å². The summed E-state index contributed by atoms with van der Waals surface area (Å²) in [5.74, 6) is 1.87. The summed E-state index contributed by atoms with van der Waals surface area (Å²) in [6, 6.07) is 17.8. The van der Waals surface area contributed by atoms with Crippen LogP contribution in [0, 0.1) is 0 Å². The smallest absolute Gasteiger partial charge is 0.274 e. The van der Waals surface area contributed by atoms with Crippen molar-refractivity contribution in [3.8, 4) is 28.7 Å². The van der Waals surface area contributed by atoms with Crippen molar-refractivity contribution in [3.05, 3.63) is 54.6 Å². The SMILES string of the molecule is COc1ccc(-c2noc(-c3cc4ccccc4n3C)n2)cc1. The molecule has 0 aliphatic carbocycles. The van der Waals surface area contributed by atoms with Crippen molar-refractivity contribution >= 4 is 10.9 Å². The van der Waals surface area contributed by atoms with Gasteiger partial charge in [0.25, 0.3) is 5.89 Å². The molecule has 0 radical (unpaired) electrons. The number of para-hydroxylation sites is 1. The summed E-state index contributed by atoms with van der Waals surface area (Å²) < 4.78 is 12.7. The molecule has 0 aliphatic heterocycles. The highest BCUT2D eigenvalue weighted by Gasteiger charge is 2.15. The molecule has 0 bridgehead atoms. The van der Waals surface area contributed by atoms with Gasteiger partial charge in [-0.15, -0.1) is 0 Å². The number of methoxy groups -OCH3 is 1. The molecule has 114 valence electrons. The summed E-state index contributed by atoms with van der Waals surface area (Å²) >= 11 is 0. The van der Waals surface area contributed by atoms with Gasteiger partial charge >= 0.3 is 0 Å². The summed E-state index contributed by atoms with van der Waals surface area (Å²) in [5.41, 5.74) is 2.92. The predicted molar refractivity (Wildman–Crippen MR) is 88.2 cm³/mol. The van der Waals surface area contributed by atoms with E-state index in [1.54, 1.807) is 7.11 Å². The van der Waals surface area contributed by atoms with Gasteiger partial charge in [0.2, 0.25) is 5.82 Å². The number of aromatic nitrogens is 3. The number of rotatable bonds is 3. The Kier molecular flexibility index (Phi) is 3.12. The summed E-state index contributed by atoms with van der Waals surface area (Å²) in [7, 11) is 3.64. The molecule has 2 aromatic carbocycles. The molecule has 5 nitrogen and oxygen atoms in total. The Morgan fingerprint density at radius 3 is 2.57 bits per heavy atom. The van der Waals surface area contributed by atoms with Gasteiger partial charge in [0, 0.05) is 23.5 Å². The Morgan fingerprint density at radius 1 is 1.04 bits per heavy atom. The number of aryl methyl sites for hydroxylation is 1. The average molecular weight is 305 g/mol. The molecule has 0 spiro atoms. The third-order valence-corrected chi connectivity index (χ3v) is 3.95. The largest absolute Gasteiger partial charge is 0.497 e. The molecular weight excluding hydrogens is 290 g/mol. The molecule has 0 amide bonds. The maximum atomic E-state index is 5.46. The summed E-state index contributed by atoms with van der Waals surface area (Å²) in [6.07, 6.45) is 0. The van der Waals surface area contributed by atoms with Gasteiger partial charge in [-0.1, -0.05) is 23.4 Å². The summed E-state index contributed by atoms with van der Waals surface area (Å²) in [4.78, 5) is 4.52. The van der Waals surface area contributed by atoms with E-state index in [4.69, 9.17) is 9.26 Å². The molecule has 0 saturated heterocycles. The van der Waals surface area contributed by atoms with Crippen LogP contribution in [0.4, 0.5) is 0 Å².